The number of nitrogens with one attached hydrogen (secondary N) is 2. The van der Waals surface area contributed by atoms with Crippen LogP contribution in [0.5, 0.6) is 0 Å². The second-order valence-corrected chi connectivity index (χ2v) is 12.9. The van der Waals surface area contributed by atoms with Gasteiger partial charge in [0.05, 0.1) is 34.6 Å². The van der Waals surface area contributed by atoms with Gasteiger partial charge in [0, 0.05) is 49.4 Å². The van der Waals surface area contributed by atoms with Crippen LogP contribution in [0.3, 0.4) is 0 Å². The molecule has 1 atom stereocenters. The zero-order chi connectivity index (χ0) is 31.2. The van der Waals surface area contributed by atoms with E-state index in [2.05, 4.69) is 45.6 Å². The van der Waals surface area contributed by atoms with Gasteiger partial charge in [-0.3, -0.25) is 24.0 Å². The smallest absolute Gasteiger partial charge is 0.262 e. The summed E-state index contributed by atoms with van der Waals surface area (Å²) in [5, 5.41) is 12.0. The molecule has 3 aromatic rings. The van der Waals surface area contributed by atoms with Crippen LogP contribution in [-0.4, -0.2) is 87.3 Å². The van der Waals surface area contributed by atoms with Crippen molar-refractivity contribution in [1.82, 2.24) is 24.6 Å². The number of aromatic nitrogens is 3. The van der Waals surface area contributed by atoms with Crippen molar-refractivity contribution in [2.24, 2.45) is 11.7 Å². The molecular formula is C33H38N8O4. The van der Waals surface area contributed by atoms with Crippen LogP contribution in [0.2, 0.25) is 0 Å². The zero-order valence-corrected chi connectivity index (χ0v) is 25.3. The number of likely N-dealkylation sites (N-methyl/N-ethyl adjacent to an activating group) is 1. The third-order valence-electron chi connectivity index (χ3n) is 9.46. The van der Waals surface area contributed by atoms with Crippen molar-refractivity contribution in [2.75, 3.05) is 37.3 Å². The molecule has 3 fully saturated rings. The Morgan fingerprint density at radius 3 is 2.58 bits per heavy atom. The monoisotopic (exact) mass is 610 g/mol. The number of benzene rings is 1. The van der Waals surface area contributed by atoms with Crippen molar-refractivity contribution in [1.29, 1.82) is 0 Å². The molecule has 4 aliphatic rings. The van der Waals surface area contributed by atoms with Crippen molar-refractivity contribution < 1.29 is 19.2 Å². The number of anilines is 2. The molecule has 1 aromatic carbocycles. The summed E-state index contributed by atoms with van der Waals surface area (Å²) in [6, 6.07) is 10.8. The van der Waals surface area contributed by atoms with Crippen LogP contribution in [-0.2, 0) is 9.59 Å². The van der Waals surface area contributed by atoms with Gasteiger partial charge in [-0.05, 0) is 75.4 Å². The largest absolute Gasteiger partial charge is 0.385 e. The standard InChI is InChI=1S/C33H38N8O4/c1-39-16-22(17-39)36-29-6-2-4-27(37-29)26-18-40(38-30(26)20-7-8-20)23-12-19(13-23)15-35-21-9-10-24-25(14-21)33(45)41(32(24)44)28(31(34)43)5-3-11-42/h2,4,6,9-11,14,18-20,22-23,28,35H,3,5,7-8,12-13,15-17H2,1H3,(H2,34,43)(H,36,37). The molecule has 12 nitrogen and oxygen atoms in total. The predicted octanol–water partition coefficient (Wildman–Crippen LogP) is 3.04. The van der Waals surface area contributed by atoms with Crippen LogP contribution in [0.1, 0.15) is 76.9 Å². The third kappa shape index (κ3) is 5.70. The molecule has 4 heterocycles. The third-order valence-corrected chi connectivity index (χ3v) is 9.46. The number of pyridine rings is 1. The molecule has 0 spiro atoms. The Morgan fingerprint density at radius 1 is 1.09 bits per heavy atom. The fourth-order valence-electron chi connectivity index (χ4n) is 6.74. The molecule has 234 valence electrons. The van der Waals surface area contributed by atoms with Crippen molar-refractivity contribution in [3.05, 3.63) is 59.4 Å². The van der Waals surface area contributed by atoms with Gasteiger partial charge in [-0.1, -0.05) is 6.07 Å². The van der Waals surface area contributed by atoms with E-state index in [1.807, 2.05) is 6.07 Å². The van der Waals surface area contributed by atoms with E-state index in [1.54, 1.807) is 18.2 Å². The maximum atomic E-state index is 13.1. The van der Waals surface area contributed by atoms with E-state index < -0.39 is 23.8 Å². The van der Waals surface area contributed by atoms with E-state index in [1.165, 1.54) is 12.8 Å². The van der Waals surface area contributed by atoms with Crippen LogP contribution < -0.4 is 16.4 Å². The minimum absolute atomic E-state index is 0.0106. The van der Waals surface area contributed by atoms with Crippen molar-refractivity contribution in [3.63, 3.8) is 0 Å². The Morgan fingerprint density at radius 2 is 1.87 bits per heavy atom. The highest BCUT2D eigenvalue weighted by Crippen LogP contribution is 2.45. The highest BCUT2D eigenvalue weighted by molar-refractivity contribution is 6.23. The number of nitrogens with zero attached hydrogens (tertiary/aromatic N) is 5. The first-order chi connectivity index (χ1) is 21.8. The van der Waals surface area contributed by atoms with E-state index in [0.717, 1.165) is 65.8 Å². The Balaban J connectivity index is 0.976. The van der Waals surface area contributed by atoms with Gasteiger partial charge in [-0.25, -0.2) is 4.98 Å². The summed E-state index contributed by atoms with van der Waals surface area (Å²) in [6.07, 6.45) is 7.15. The highest BCUT2D eigenvalue weighted by Gasteiger charge is 2.42. The number of fused-ring (bicyclic) bond motifs is 1. The molecule has 7 rings (SSSR count). The summed E-state index contributed by atoms with van der Waals surface area (Å²) in [5.74, 6) is -0.0901. The number of hydrogen-bond donors (Lipinski definition) is 3. The SMILES string of the molecule is CN1CC(Nc2cccc(-c3cn(C4CC(CNc5ccc6c(c5)C(=O)N(C(CCC=O)C(N)=O)C6=O)C4)nc3C3CC3)n2)C1. The molecule has 1 saturated heterocycles. The molecular weight excluding hydrogens is 572 g/mol. The fraction of sp³-hybridized carbons (Fsp3) is 0.455. The summed E-state index contributed by atoms with van der Waals surface area (Å²) < 4.78 is 2.14. The number of hydrogen-bond acceptors (Lipinski definition) is 9. The van der Waals surface area contributed by atoms with Crippen molar-refractivity contribution >= 4 is 35.5 Å². The lowest BCUT2D eigenvalue weighted by Crippen LogP contribution is -2.52. The molecule has 2 aliphatic heterocycles. The molecule has 1 unspecified atom stereocenters. The van der Waals surface area contributed by atoms with Gasteiger partial charge in [-0.2, -0.15) is 5.10 Å². The molecule has 3 amide bonds. The average molecular weight is 611 g/mol. The van der Waals surface area contributed by atoms with E-state index >= 15 is 0 Å². The van der Waals surface area contributed by atoms with Crippen LogP contribution >= 0.6 is 0 Å². The number of likely N-dealkylation sites (tertiary alicyclic amines) is 1. The van der Waals surface area contributed by atoms with E-state index in [0.29, 0.717) is 30.2 Å². The van der Waals surface area contributed by atoms with Gasteiger partial charge in [-0.15, -0.1) is 0 Å². The predicted molar refractivity (Wildman–Crippen MR) is 168 cm³/mol. The minimum Gasteiger partial charge on any atom is -0.385 e. The lowest BCUT2D eigenvalue weighted by atomic mass is 9.80. The molecule has 0 bridgehead atoms. The molecule has 2 saturated carbocycles. The molecule has 2 aromatic heterocycles. The Bertz CT molecular complexity index is 1650. The van der Waals surface area contributed by atoms with Crippen molar-refractivity contribution in [2.45, 2.75) is 62.6 Å². The Kier molecular flexibility index (Phi) is 7.60. The summed E-state index contributed by atoms with van der Waals surface area (Å²) in [6.45, 7) is 2.77. The van der Waals surface area contributed by atoms with Gasteiger partial charge in [0.1, 0.15) is 18.1 Å². The molecule has 12 heteroatoms. The Hall–Kier alpha value is -4.58. The van der Waals surface area contributed by atoms with Gasteiger partial charge < -0.3 is 26.1 Å². The normalized spacial score (nSPS) is 22.0. The number of aldehydes is 1. The second kappa shape index (κ2) is 11.7. The first kappa shape index (κ1) is 29.1. The van der Waals surface area contributed by atoms with Gasteiger partial charge >= 0.3 is 0 Å². The van der Waals surface area contributed by atoms with E-state index in [-0.39, 0.29) is 24.0 Å². The lowest BCUT2D eigenvalue weighted by Gasteiger charge is -2.36. The molecule has 4 N–H and O–H groups in total. The fourth-order valence-corrected chi connectivity index (χ4v) is 6.74. The summed E-state index contributed by atoms with van der Waals surface area (Å²) >= 11 is 0. The lowest BCUT2D eigenvalue weighted by molar-refractivity contribution is -0.122. The number of rotatable bonds is 13. The van der Waals surface area contributed by atoms with Crippen LogP contribution in [0.4, 0.5) is 11.5 Å². The van der Waals surface area contributed by atoms with Gasteiger partial charge in [0.25, 0.3) is 11.8 Å². The summed E-state index contributed by atoms with van der Waals surface area (Å²) in [4.78, 5) is 57.0. The number of amides is 3. The van der Waals surface area contributed by atoms with Crippen LogP contribution in [0.25, 0.3) is 11.3 Å². The number of imide groups is 1. The number of nitrogens with two attached hydrogens (primary N) is 1. The van der Waals surface area contributed by atoms with E-state index in [4.69, 9.17) is 15.8 Å². The summed E-state index contributed by atoms with van der Waals surface area (Å²) in [5.41, 5.74) is 9.91. The highest BCUT2D eigenvalue weighted by atomic mass is 16.2. The molecule has 2 aliphatic carbocycles. The maximum Gasteiger partial charge on any atom is 0.262 e. The first-order valence-electron chi connectivity index (χ1n) is 15.8. The number of carbonyl (C=O) groups is 4. The second-order valence-electron chi connectivity index (χ2n) is 12.9. The van der Waals surface area contributed by atoms with Gasteiger partial charge in [0.2, 0.25) is 5.91 Å². The number of primary amides is 1. The topological polar surface area (TPSA) is 156 Å². The molecule has 45 heavy (non-hydrogen) atoms. The maximum absolute atomic E-state index is 13.1. The minimum atomic E-state index is -1.15. The summed E-state index contributed by atoms with van der Waals surface area (Å²) in [7, 11) is 2.12. The van der Waals surface area contributed by atoms with Crippen molar-refractivity contribution in [3.8, 4) is 11.3 Å². The average Bonchev–Trinajstić information content (AvgIpc) is 3.70. The zero-order valence-electron chi connectivity index (χ0n) is 25.3. The first-order valence-corrected chi connectivity index (χ1v) is 15.8. The van der Waals surface area contributed by atoms with Crippen LogP contribution in [0, 0.1) is 5.92 Å². The molecule has 0 radical (unpaired) electrons. The van der Waals surface area contributed by atoms with E-state index in [9.17, 15) is 19.2 Å². The number of carbonyl (C=O) groups excluding carboxylic acids is 4. The van der Waals surface area contributed by atoms with Gasteiger partial charge in [0.15, 0.2) is 0 Å². The Labute approximate surface area is 261 Å². The quantitative estimate of drug-likeness (QED) is 0.196. The van der Waals surface area contributed by atoms with Crippen LogP contribution in [0.15, 0.2) is 42.6 Å².